The van der Waals surface area contributed by atoms with E-state index in [1.54, 1.807) is 0 Å². The van der Waals surface area contributed by atoms with Crippen LogP contribution in [0.2, 0.25) is 0 Å². The van der Waals surface area contributed by atoms with Gasteiger partial charge in [-0.3, -0.25) is 9.78 Å². The van der Waals surface area contributed by atoms with Gasteiger partial charge in [-0.1, -0.05) is 18.1 Å². The molecule has 78 valence electrons. The van der Waals surface area contributed by atoms with Crippen LogP contribution in [0.1, 0.15) is 19.8 Å². The number of aromatic amines is 1. The molecule has 14 heavy (non-hydrogen) atoms. The van der Waals surface area contributed by atoms with E-state index in [0.29, 0.717) is 12.4 Å². The van der Waals surface area contributed by atoms with Crippen molar-refractivity contribution in [1.29, 1.82) is 0 Å². The Balaban J connectivity index is 2.80. The van der Waals surface area contributed by atoms with E-state index < -0.39 is 11.2 Å². The second kappa shape index (κ2) is 4.50. The third-order valence-electron chi connectivity index (χ3n) is 1.76. The van der Waals surface area contributed by atoms with Crippen LogP contribution in [-0.2, 0) is 0 Å². The van der Waals surface area contributed by atoms with Crippen LogP contribution in [-0.4, -0.2) is 21.5 Å². The summed E-state index contributed by atoms with van der Waals surface area (Å²) in [5, 5.41) is 11.7. The van der Waals surface area contributed by atoms with E-state index in [4.69, 9.17) is 5.21 Å². The number of hydrogen-bond acceptors (Lipinski definition) is 4. The lowest BCUT2D eigenvalue weighted by Crippen LogP contribution is -2.33. The van der Waals surface area contributed by atoms with Gasteiger partial charge in [0.2, 0.25) is 0 Å². The molecule has 0 aliphatic rings. The van der Waals surface area contributed by atoms with Crippen molar-refractivity contribution in [3.8, 4) is 0 Å². The summed E-state index contributed by atoms with van der Waals surface area (Å²) < 4.78 is 0.0327. The standard InChI is InChI=1S/C8H13N3O3/c1-2-3-4-9-6-5-7(12)11(14)8(13)10-6/h5,9,14H,2-4H2,1H3,(H,10,13). The topological polar surface area (TPSA) is 87.1 Å². The first-order valence-electron chi connectivity index (χ1n) is 4.44. The van der Waals surface area contributed by atoms with E-state index in [1.165, 1.54) is 0 Å². The molecule has 0 fully saturated rings. The molecule has 1 aromatic heterocycles. The largest absolute Gasteiger partial charge is 0.421 e. The zero-order valence-electron chi connectivity index (χ0n) is 7.91. The quantitative estimate of drug-likeness (QED) is 0.470. The predicted molar refractivity (Wildman–Crippen MR) is 51.9 cm³/mol. The molecule has 0 aliphatic carbocycles. The van der Waals surface area contributed by atoms with Gasteiger partial charge in [0.1, 0.15) is 5.82 Å². The molecule has 0 aromatic carbocycles. The summed E-state index contributed by atoms with van der Waals surface area (Å²) in [5.74, 6) is 0.332. The maximum Gasteiger partial charge on any atom is 0.363 e. The van der Waals surface area contributed by atoms with Gasteiger partial charge in [-0.2, -0.15) is 0 Å². The van der Waals surface area contributed by atoms with E-state index >= 15 is 0 Å². The maximum absolute atomic E-state index is 10.9. The Bertz CT molecular complexity index is 376. The van der Waals surface area contributed by atoms with E-state index in [0.717, 1.165) is 18.9 Å². The lowest BCUT2D eigenvalue weighted by Gasteiger charge is -2.04. The second-order valence-corrected chi connectivity index (χ2v) is 2.92. The van der Waals surface area contributed by atoms with Gasteiger partial charge in [0, 0.05) is 12.6 Å². The van der Waals surface area contributed by atoms with E-state index in [2.05, 4.69) is 10.3 Å². The highest BCUT2D eigenvalue weighted by Gasteiger charge is 2.00. The van der Waals surface area contributed by atoms with Crippen LogP contribution in [0.25, 0.3) is 0 Å². The summed E-state index contributed by atoms with van der Waals surface area (Å²) in [6.07, 6.45) is 1.97. The van der Waals surface area contributed by atoms with E-state index in [9.17, 15) is 9.59 Å². The second-order valence-electron chi connectivity index (χ2n) is 2.92. The van der Waals surface area contributed by atoms with Gasteiger partial charge in [0.15, 0.2) is 0 Å². The normalized spacial score (nSPS) is 10.1. The number of nitrogens with one attached hydrogen (secondary N) is 2. The van der Waals surface area contributed by atoms with Crippen molar-refractivity contribution in [2.24, 2.45) is 0 Å². The minimum absolute atomic E-state index is 0.0327. The summed E-state index contributed by atoms with van der Waals surface area (Å²) in [7, 11) is 0. The Labute approximate surface area is 80.2 Å². The average Bonchev–Trinajstić information content (AvgIpc) is 2.14. The van der Waals surface area contributed by atoms with Crippen molar-refractivity contribution in [1.82, 2.24) is 9.71 Å². The molecule has 0 radical (unpaired) electrons. The Morgan fingerprint density at radius 3 is 2.86 bits per heavy atom. The van der Waals surface area contributed by atoms with Crippen molar-refractivity contribution < 1.29 is 5.21 Å². The first kappa shape index (κ1) is 10.4. The zero-order valence-corrected chi connectivity index (χ0v) is 7.91. The highest BCUT2D eigenvalue weighted by Crippen LogP contribution is 1.94. The van der Waals surface area contributed by atoms with Crippen LogP contribution in [0.3, 0.4) is 0 Å². The van der Waals surface area contributed by atoms with Crippen LogP contribution in [0.4, 0.5) is 5.82 Å². The summed E-state index contributed by atoms with van der Waals surface area (Å²) in [6, 6.07) is 1.14. The molecule has 0 aliphatic heterocycles. The Morgan fingerprint density at radius 2 is 2.29 bits per heavy atom. The number of hydrogen-bond donors (Lipinski definition) is 3. The number of nitrogens with zero attached hydrogens (tertiary/aromatic N) is 1. The molecule has 1 aromatic rings. The van der Waals surface area contributed by atoms with Gasteiger partial charge in [-0.15, -0.1) is 0 Å². The molecule has 0 saturated heterocycles. The van der Waals surface area contributed by atoms with Crippen molar-refractivity contribution in [3.63, 3.8) is 0 Å². The fourth-order valence-corrected chi connectivity index (χ4v) is 0.984. The number of anilines is 1. The van der Waals surface area contributed by atoms with Crippen molar-refractivity contribution in [3.05, 3.63) is 26.9 Å². The molecule has 0 unspecified atom stereocenters. The molecule has 0 bridgehead atoms. The Morgan fingerprint density at radius 1 is 1.57 bits per heavy atom. The van der Waals surface area contributed by atoms with Gasteiger partial charge in [0.25, 0.3) is 5.56 Å². The van der Waals surface area contributed by atoms with Crippen molar-refractivity contribution >= 4 is 5.82 Å². The first-order chi connectivity index (χ1) is 6.65. The third-order valence-corrected chi connectivity index (χ3v) is 1.76. The fraction of sp³-hybridized carbons (Fsp3) is 0.500. The maximum atomic E-state index is 10.9. The number of aromatic nitrogens is 2. The summed E-state index contributed by atoms with van der Waals surface area (Å²) in [5.41, 5.74) is -1.58. The van der Waals surface area contributed by atoms with Crippen LogP contribution >= 0.6 is 0 Å². The Kier molecular flexibility index (Phi) is 3.33. The average molecular weight is 199 g/mol. The minimum atomic E-state index is -0.837. The van der Waals surface area contributed by atoms with Crippen molar-refractivity contribution in [2.45, 2.75) is 19.8 Å². The summed E-state index contributed by atoms with van der Waals surface area (Å²) in [6.45, 7) is 2.72. The fourth-order valence-electron chi connectivity index (χ4n) is 0.984. The minimum Gasteiger partial charge on any atom is -0.421 e. The molecule has 0 saturated carbocycles. The monoisotopic (exact) mass is 199 g/mol. The third kappa shape index (κ3) is 2.38. The van der Waals surface area contributed by atoms with E-state index in [1.807, 2.05) is 6.92 Å². The smallest absolute Gasteiger partial charge is 0.363 e. The van der Waals surface area contributed by atoms with Crippen LogP contribution in [0.5, 0.6) is 0 Å². The van der Waals surface area contributed by atoms with Gasteiger partial charge < -0.3 is 10.5 Å². The van der Waals surface area contributed by atoms with Crippen LogP contribution in [0.15, 0.2) is 15.7 Å². The SMILES string of the molecule is CCCCNc1cc(=O)n(O)c(=O)[nH]1. The molecule has 0 atom stereocenters. The van der Waals surface area contributed by atoms with Crippen molar-refractivity contribution in [2.75, 3.05) is 11.9 Å². The van der Waals surface area contributed by atoms with Gasteiger partial charge >= 0.3 is 5.69 Å². The van der Waals surface area contributed by atoms with Gasteiger partial charge in [-0.25, -0.2) is 4.79 Å². The van der Waals surface area contributed by atoms with Crippen LogP contribution in [0, 0.1) is 0 Å². The number of unbranched alkanes of at least 4 members (excludes halogenated alkanes) is 1. The zero-order chi connectivity index (χ0) is 10.6. The summed E-state index contributed by atoms with van der Waals surface area (Å²) >= 11 is 0. The lowest BCUT2D eigenvalue weighted by molar-refractivity contribution is 0.160. The molecule has 6 heteroatoms. The highest BCUT2D eigenvalue weighted by atomic mass is 16.5. The summed E-state index contributed by atoms with van der Waals surface area (Å²) in [4.78, 5) is 24.2. The first-order valence-corrected chi connectivity index (χ1v) is 4.44. The van der Waals surface area contributed by atoms with Gasteiger partial charge in [0.05, 0.1) is 0 Å². The Hall–Kier alpha value is -1.72. The molecule has 0 spiro atoms. The molecule has 1 heterocycles. The highest BCUT2D eigenvalue weighted by molar-refractivity contribution is 5.31. The molecule has 0 amide bonds. The van der Waals surface area contributed by atoms with E-state index in [-0.39, 0.29) is 4.73 Å². The molecule has 1 rings (SSSR count). The number of H-pyrrole nitrogens is 1. The van der Waals surface area contributed by atoms with Gasteiger partial charge in [-0.05, 0) is 6.42 Å². The molecule has 3 N–H and O–H groups in total. The lowest BCUT2D eigenvalue weighted by atomic mass is 10.3. The predicted octanol–water partition coefficient (Wildman–Crippen LogP) is -0.0141. The molecular weight excluding hydrogens is 186 g/mol. The molecule has 6 nitrogen and oxygen atoms in total. The van der Waals surface area contributed by atoms with Crippen LogP contribution < -0.4 is 16.6 Å². The molecular formula is C8H13N3O3. The number of rotatable bonds is 4.